The maximum atomic E-state index is 5.62. The summed E-state index contributed by atoms with van der Waals surface area (Å²) in [6, 6.07) is 16.1. The van der Waals surface area contributed by atoms with Crippen LogP contribution in [0.15, 0.2) is 48.7 Å². The van der Waals surface area contributed by atoms with Gasteiger partial charge in [-0.25, -0.2) is 15.0 Å². The van der Waals surface area contributed by atoms with E-state index in [-0.39, 0.29) is 0 Å². The van der Waals surface area contributed by atoms with E-state index in [9.17, 15) is 0 Å². The number of benzene rings is 1. The number of nitrogens with zero attached hydrogens (tertiary/aromatic N) is 8. The van der Waals surface area contributed by atoms with Gasteiger partial charge >= 0.3 is 0 Å². The second-order valence-electron chi connectivity index (χ2n) is 18.8. The summed E-state index contributed by atoms with van der Waals surface area (Å²) in [4.78, 5) is 27.9. The molecular weight excluding hydrogens is 837 g/mol. The third-order valence-corrected chi connectivity index (χ3v) is 15.6. The van der Waals surface area contributed by atoms with Gasteiger partial charge in [0.1, 0.15) is 27.7 Å². The van der Waals surface area contributed by atoms with Crippen molar-refractivity contribution in [3.05, 3.63) is 70.5 Å². The maximum absolute atomic E-state index is 5.62. The van der Waals surface area contributed by atoms with Gasteiger partial charge in [0.2, 0.25) is 0 Å². The monoisotopic (exact) mass is 909 g/mol. The van der Waals surface area contributed by atoms with Crippen molar-refractivity contribution in [3.63, 3.8) is 0 Å². The molecule has 0 N–H and O–H groups in total. The fourth-order valence-electron chi connectivity index (χ4n) is 9.75. The molecule has 0 radical (unpaired) electrons. The average Bonchev–Trinajstić information content (AvgIpc) is 4.12. The quantitative estimate of drug-likeness (QED) is 0.0531. The standard InChI is InChI=1S/C55H72N8S2/c1-8-11-14-17-20-23-26-41(27-24-21-18-15-12-9-2)63-44-35-37(4)36-56-50(44)42-29-30-43(59-55(42)63)45-32-33-47(65-45)49-52-51(57-39(6)40(7)58-52)48(46-31-28-38(5)64-46)53-54(49)61-62(60-53)34-25-22-19-16-13-10-3/h28-33,35-36,41H,8-27,34H2,1-7H3. The zero-order valence-corrected chi connectivity index (χ0v) is 42.1. The summed E-state index contributed by atoms with van der Waals surface area (Å²) in [5.41, 5.74) is 13.0. The Bertz CT molecular complexity index is 2810. The van der Waals surface area contributed by atoms with Crippen LogP contribution in [0.25, 0.3) is 75.6 Å². The maximum Gasteiger partial charge on any atom is 0.143 e. The Morgan fingerprint density at radius 1 is 0.523 bits per heavy atom. The highest BCUT2D eigenvalue weighted by Crippen LogP contribution is 2.46. The predicted octanol–water partition coefficient (Wildman–Crippen LogP) is 17.0. The Balaban J connectivity index is 1.21. The van der Waals surface area contributed by atoms with Crippen molar-refractivity contribution >= 4 is 66.8 Å². The second-order valence-corrected chi connectivity index (χ2v) is 21.1. The smallest absolute Gasteiger partial charge is 0.143 e. The summed E-state index contributed by atoms with van der Waals surface area (Å²) in [5, 5.41) is 11.7. The topological polar surface area (TPSA) is 87.2 Å². The van der Waals surface area contributed by atoms with Gasteiger partial charge in [0, 0.05) is 43.4 Å². The van der Waals surface area contributed by atoms with E-state index < -0.39 is 0 Å². The van der Waals surface area contributed by atoms with Crippen LogP contribution in [0.3, 0.4) is 0 Å². The number of hydrogen-bond donors (Lipinski definition) is 0. The SMILES string of the molecule is CCCCCCCCC(CCCCCCCC)n1c2cc(C)cnc2c2ccc(-c3ccc(-c4c5nc(C)c(C)nc5c(-c5ccc(C)s5)c5nn(CCCCCCCC)nc45)s3)nc21. The Morgan fingerprint density at radius 2 is 1.06 bits per heavy atom. The highest BCUT2D eigenvalue weighted by Gasteiger charge is 2.27. The molecule has 0 aliphatic heterocycles. The van der Waals surface area contributed by atoms with E-state index >= 15 is 0 Å². The Kier molecular flexibility index (Phi) is 16.1. The van der Waals surface area contributed by atoms with E-state index in [1.807, 2.05) is 11.0 Å². The number of hydrogen-bond acceptors (Lipinski definition) is 8. The number of thiophene rings is 2. The van der Waals surface area contributed by atoms with Crippen LogP contribution in [0.1, 0.15) is 177 Å². The molecule has 7 aromatic heterocycles. The lowest BCUT2D eigenvalue weighted by molar-refractivity contribution is 0.408. The molecule has 0 bridgehead atoms. The molecule has 344 valence electrons. The third-order valence-electron chi connectivity index (χ3n) is 13.5. The van der Waals surface area contributed by atoms with E-state index in [4.69, 9.17) is 30.1 Å². The number of aryl methyl sites for hydroxylation is 5. The van der Waals surface area contributed by atoms with Crippen molar-refractivity contribution in [2.24, 2.45) is 0 Å². The number of aromatic nitrogens is 8. The number of pyridine rings is 2. The normalized spacial score (nSPS) is 12.1. The molecule has 8 rings (SSSR count). The molecule has 0 saturated carbocycles. The van der Waals surface area contributed by atoms with Gasteiger partial charge in [-0.2, -0.15) is 15.0 Å². The molecule has 0 amide bonds. The molecule has 0 atom stereocenters. The first-order valence-electron chi connectivity index (χ1n) is 25.3. The molecule has 0 fully saturated rings. The van der Waals surface area contributed by atoms with Crippen LogP contribution in [0.4, 0.5) is 0 Å². The minimum absolute atomic E-state index is 0.382. The van der Waals surface area contributed by atoms with Gasteiger partial charge in [0.05, 0.1) is 39.5 Å². The lowest BCUT2D eigenvalue weighted by atomic mass is 9.99. The zero-order valence-electron chi connectivity index (χ0n) is 40.4. The summed E-state index contributed by atoms with van der Waals surface area (Å²) in [7, 11) is 0. The molecule has 7 heterocycles. The van der Waals surface area contributed by atoms with Crippen LogP contribution in [-0.2, 0) is 6.54 Å². The van der Waals surface area contributed by atoms with Crippen LogP contribution in [0.5, 0.6) is 0 Å². The molecule has 8 nitrogen and oxygen atoms in total. The zero-order chi connectivity index (χ0) is 45.3. The molecular formula is C55H72N8S2. The Morgan fingerprint density at radius 3 is 1.65 bits per heavy atom. The van der Waals surface area contributed by atoms with Crippen LogP contribution in [0.2, 0.25) is 0 Å². The number of rotatable bonds is 25. The number of fused-ring (bicyclic) bond motifs is 5. The Hall–Kier alpha value is -4.54. The molecule has 10 heteroatoms. The molecule has 65 heavy (non-hydrogen) atoms. The van der Waals surface area contributed by atoms with Crippen molar-refractivity contribution < 1.29 is 0 Å². The highest BCUT2D eigenvalue weighted by molar-refractivity contribution is 7.19. The van der Waals surface area contributed by atoms with Crippen molar-refractivity contribution in [3.8, 4) is 31.5 Å². The molecule has 1 aromatic carbocycles. The summed E-state index contributed by atoms with van der Waals surface area (Å²) in [6.45, 7) is 16.1. The first-order chi connectivity index (χ1) is 31.8. The van der Waals surface area contributed by atoms with Gasteiger partial charge in [0.25, 0.3) is 0 Å². The highest BCUT2D eigenvalue weighted by atomic mass is 32.1. The van der Waals surface area contributed by atoms with Gasteiger partial charge in [-0.05, 0) is 95.0 Å². The van der Waals surface area contributed by atoms with Crippen molar-refractivity contribution in [1.82, 2.24) is 39.5 Å². The van der Waals surface area contributed by atoms with Gasteiger partial charge in [0.15, 0.2) is 0 Å². The molecule has 8 aromatic rings. The average molecular weight is 909 g/mol. The van der Waals surface area contributed by atoms with Gasteiger partial charge in [-0.15, -0.1) is 22.7 Å². The second kappa shape index (κ2) is 22.3. The van der Waals surface area contributed by atoms with E-state index in [0.717, 1.165) is 94.4 Å². The molecule has 0 saturated heterocycles. The van der Waals surface area contributed by atoms with Gasteiger partial charge in [-0.3, -0.25) is 4.98 Å². The first-order valence-corrected chi connectivity index (χ1v) is 26.9. The predicted molar refractivity (Wildman–Crippen MR) is 279 cm³/mol. The fourth-order valence-corrected chi connectivity index (χ4v) is 11.7. The van der Waals surface area contributed by atoms with Crippen LogP contribution >= 0.6 is 22.7 Å². The molecule has 0 aliphatic carbocycles. The fraction of sp³-hybridized carbons (Fsp3) is 0.527. The third kappa shape index (κ3) is 10.7. The van der Waals surface area contributed by atoms with Crippen LogP contribution < -0.4 is 0 Å². The van der Waals surface area contributed by atoms with Crippen LogP contribution in [-0.4, -0.2) is 39.5 Å². The van der Waals surface area contributed by atoms with Crippen LogP contribution in [0, 0.1) is 27.7 Å². The minimum atomic E-state index is 0.382. The summed E-state index contributed by atoms with van der Waals surface area (Å²) >= 11 is 3.56. The van der Waals surface area contributed by atoms with E-state index in [2.05, 4.69) is 95.5 Å². The minimum Gasteiger partial charge on any atom is -0.321 e. The lowest BCUT2D eigenvalue weighted by Gasteiger charge is -2.21. The molecule has 0 unspecified atom stereocenters. The summed E-state index contributed by atoms with van der Waals surface area (Å²) in [6.07, 6.45) is 27.4. The molecule has 0 aliphatic rings. The van der Waals surface area contributed by atoms with Crippen molar-refractivity contribution in [2.75, 3.05) is 0 Å². The lowest BCUT2D eigenvalue weighted by Crippen LogP contribution is -2.10. The first kappa shape index (κ1) is 47.0. The van der Waals surface area contributed by atoms with Gasteiger partial charge in [-0.1, -0.05) is 130 Å². The number of unbranched alkanes of at least 4 members (excludes halogenated alkanes) is 15. The van der Waals surface area contributed by atoms with E-state index in [1.54, 1.807) is 22.7 Å². The van der Waals surface area contributed by atoms with Crippen molar-refractivity contribution in [1.29, 1.82) is 0 Å². The van der Waals surface area contributed by atoms with E-state index in [0.29, 0.717) is 6.04 Å². The van der Waals surface area contributed by atoms with Crippen molar-refractivity contribution in [2.45, 2.75) is 189 Å². The largest absolute Gasteiger partial charge is 0.321 e. The summed E-state index contributed by atoms with van der Waals surface area (Å²) < 4.78 is 2.60. The summed E-state index contributed by atoms with van der Waals surface area (Å²) in [5.74, 6) is 0. The Labute approximate surface area is 395 Å². The van der Waals surface area contributed by atoms with E-state index in [1.165, 1.54) is 138 Å². The van der Waals surface area contributed by atoms with Gasteiger partial charge < -0.3 is 4.57 Å². The molecule has 0 spiro atoms.